The molecule has 0 fully saturated rings. The number of nitrogens with two attached hydrogens (primary N) is 4. The maximum absolute atomic E-state index is 4.96. The predicted molar refractivity (Wildman–Crippen MR) is 36.5 cm³/mol. The number of hydrogen-bond acceptors (Lipinski definition) is 2. The highest BCUT2D eigenvalue weighted by Crippen LogP contribution is 1.67. The van der Waals surface area contributed by atoms with Gasteiger partial charge in [0.05, 0.1) is 0 Å². The molecule has 0 aromatic rings. The molecular weight excluding hydrogens is 120 g/mol. The third-order valence-corrected chi connectivity index (χ3v) is 0.507. The smallest absolute Gasteiger partial charge is 0.187 e. The highest BCUT2D eigenvalue weighted by atomic mass is 15.1. The molecule has 0 spiro atoms. The molecule has 6 heteroatoms. The van der Waals surface area contributed by atoms with Crippen LogP contribution in [0, 0.1) is 0 Å². The van der Waals surface area contributed by atoms with Crippen molar-refractivity contribution in [2.45, 2.75) is 0 Å². The van der Waals surface area contributed by atoms with Crippen molar-refractivity contribution in [2.75, 3.05) is 6.67 Å². The molecule has 0 saturated carbocycles. The highest BCUT2D eigenvalue weighted by molar-refractivity contribution is 5.77. The minimum atomic E-state index is -0.0278. The van der Waals surface area contributed by atoms with Crippen molar-refractivity contribution in [1.29, 1.82) is 0 Å². The second-order valence-corrected chi connectivity index (χ2v) is 1.31. The number of guanidine groups is 2. The average molecular weight is 130 g/mol. The summed E-state index contributed by atoms with van der Waals surface area (Å²) in [5.41, 5.74) is 19.8. The van der Waals surface area contributed by atoms with Crippen LogP contribution in [0.25, 0.3) is 0 Å². The van der Waals surface area contributed by atoms with Crippen LogP contribution in [0.2, 0.25) is 0 Å². The van der Waals surface area contributed by atoms with Crippen molar-refractivity contribution in [2.24, 2.45) is 32.9 Å². The van der Waals surface area contributed by atoms with E-state index in [0.717, 1.165) is 0 Å². The fourth-order valence-electron chi connectivity index (χ4n) is 0.199. The average Bonchev–Trinajstić information content (AvgIpc) is 1.63. The van der Waals surface area contributed by atoms with E-state index < -0.39 is 0 Å². The SMILES string of the molecule is NC(N)=NCN=C(N)N. The van der Waals surface area contributed by atoms with Gasteiger partial charge in [-0.25, -0.2) is 9.98 Å². The molecule has 0 aliphatic rings. The summed E-state index contributed by atoms with van der Waals surface area (Å²) < 4.78 is 0. The molecule has 0 aliphatic carbocycles. The molecule has 0 rings (SSSR count). The third-order valence-electron chi connectivity index (χ3n) is 0.507. The molecule has 52 valence electrons. The van der Waals surface area contributed by atoms with Crippen LogP contribution in [0.1, 0.15) is 0 Å². The third kappa shape index (κ3) is 6.54. The number of rotatable bonds is 2. The molecule has 0 saturated heterocycles. The van der Waals surface area contributed by atoms with Crippen molar-refractivity contribution < 1.29 is 0 Å². The van der Waals surface area contributed by atoms with E-state index in [2.05, 4.69) is 9.98 Å². The molecule has 0 unspecified atom stereocenters. The number of aliphatic imine (C=N–C) groups is 2. The Labute approximate surface area is 52.6 Å². The Morgan fingerprint density at radius 1 is 0.889 bits per heavy atom. The first-order chi connectivity index (χ1) is 4.13. The van der Waals surface area contributed by atoms with Gasteiger partial charge in [0.1, 0.15) is 6.67 Å². The molecule has 0 aromatic heterocycles. The van der Waals surface area contributed by atoms with E-state index in [4.69, 9.17) is 22.9 Å². The minimum absolute atomic E-state index is 0.0278. The minimum Gasteiger partial charge on any atom is -0.370 e. The van der Waals surface area contributed by atoms with Gasteiger partial charge in [0.2, 0.25) is 0 Å². The lowest BCUT2D eigenvalue weighted by molar-refractivity contribution is 1.04. The molecule has 6 nitrogen and oxygen atoms in total. The fraction of sp³-hybridized carbons (Fsp3) is 0.333. The Morgan fingerprint density at radius 3 is 1.44 bits per heavy atom. The van der Waals surface area contributed by atoms with Gasteiger partial charge >= 0.3 is 0 Å². The molecule has 0 aromatic carbocycles. The Kier molecular flexibility index (Phi) is 2.96. The number of nitrogens with zero attached hydrogens (tertiary/aromatic N) is 2. The van der Waals surface area contributed by atoms with Gasteiger partial charge in [0.15, 0.2) is 11.9 Å². The molecular formula is C3H10N6. The second kappa shape index (κ2) is 3.53. The summed E-state index contributed by atoms with van der Waals surface area (Å²) in [6.45, 7) is 0.0880. The molecule has 9 heavy (non-hydrogen) atoms. The predicted octanol–water partition coefficient (Wildman–Crippen LogP) is -2.51. The van der Waals surface area contributed by atoms with Gasteiger partial charge in [0, 0.05) is 0 Å². The summed E-state index contributed by atoms with van der Waals surface area (Å²) in [5, 5.41) is 0. The molecule has 0 heterocycles. The van der Waals surface area contributed by atoms with E-state index in [1.54, 1.807) is 0 Å². The van der Waals surface area contributed by atoms with Crippen molar-refractivity contribution in [1.82, 2.24) is 0 Å². The van der Waals surface area contributed by atoms with Crippen LogP contribution in [0.3, 0.4) is 0 Å². The van der Waals surface area contributed by atoms with Crippen LogP contribution >= 0.6 is 0 Å². The van der Waals surface area contributed by atoms with Crippen molar-refractivity contribution in [3.63, 3.8) is 0 Å². The van der Waals surface area contributed by atoms with E-state index in [-0.39, 0.29) is 18.6 Å². The van der Waals surface area contributed by atoms with Gasteiger partial charge in [-0.05, 0) is 0 Å². The zero-order chi connectivity index (χ0) is 7.28. The van der Waals surface area contributed by atoms with Crippen LogP contribution in [0.15, 0.2) is 9.98 Å². The molecule has 0 atom stereocenters. The topological polar surface area (TPSA) is 129 Å². The molecule has 0 bridgehead atoms. The first-order valence-corrected chi connectivity index (χ1v) is 2.23. The van der Waals surface area contributed by atoms with Crippen molar-refractivity contribution in [3.05, 3.63) is 0 Å². The van der Waals surface area contributed by atoms with Gasteiger partial charge in [-0.2, -0.15) is 0 Å². The summed E-state index contributed by atoms with van der Waals surface area (Å²) in [6, 6.07) is 0. The van der Waals surface area contributed by atoms with Gasteiger partial charge in [-0.3, -0.25) is 0 Å². The fourth-order valence-corrected chi connectivity index (χ4v) is 0.199. The van der Waals surface area contributed by atoms with Crippen LogP contribution in [0.4, 0.5) is 0 Å². The van der Waals surface area contributed by atoms with Crippen molar-refractivity contribution in [3.8, 4) is 0 Å². The Bertz CT molecular complexity index is 111. The molecule has 0 amide bonds. The van der Waals surface area contributed by atoms with E-state index in [1.807, 2.05) is 0 Å². The lowest BCUT2D eigenvalue weighted by Crippen LogP contribution is -2.25. The molecule has 8 N–H and O–H groups in total. The Balaban J connectivity index is 3.53. The molecule has 0 aliphatic heterocycles. The normalized spacial score (nSPS) is 8.00. The maximum Gasteiger partial charge on any atom is 0.187 e. The van der Waals surface area contributed by atoms with E-state index >= 15 is 0 Å². The largest absolute Gasteiger partial charge is 0.370 e. The summed E-state index contributed by atoms with van der Waals surface area (Å²) >= 11 is 0. The maximum atomic E-state index is 4.96. The van der Waals surface area contributed by atoms with E-state index in [9.17, 15) is 0 Å². The van der Waals surface area contributed by atoms with Gasteiger partial charge in [-0.1, -0.05) is 0 Å². The zero-order valence-electron chi connectivity index (χ0n) is 4.91. The quantitative estimate of drug-likeness (QED) is 0.243. The summed E-state index contributed by atoms with van der Waals surface area (Å²) in [6.07, 6.45) is 0. The second-order valence-electron chi connectivity index (χ2n) is 1.31. The van der Waals surface area contributed by atoms with Crippen molar-refractivity contribution >= 4 is 11.9 Å². The highest BCUT2D eigenvalue weighted by Gasteiger charge is 1.77. The first-order valence-electron chi connectivity index (χ1n) is 2.23. The summed E-state index contributed by atoms with van der Waals surface area (Å²) in [5.74, 6) is -0.0556. The summed E-state index contributed by atoms with van der Waals surface area (Å²) in [4.78, 5) is 6.98. The van der Waals surface area contributed by atoms with Gasteiger partial charge < -0.3 is 22.9 Å². The van der Waals surface area contributed by atoms with Crippen LogP contribution < -0.4 is 22.9 Å². The van der Waals surface area contributed by atoms with E-state index in [0.29, 0.717) is 0 Å². The van der Waals surface area contributed by atoms with Gasteiger partial charge in [-0.15, -0.1) is 0 Å². The molecule has 0 radical (unpaired) electrons. The first kappa shape index (κ1) is 7.54. The monoisotopic (exact) mass is 130 g/mol. The van der Waals surface area contributed by atoms with Crippen LogP contribution in [0.5, 0.6) is 0 Å². The Hall–Kier alpha value is -1.46. The zero-order valence-corrected chi connectivity index (χ0v) is 4.91. The standard InChI is InChI=1S/C3H10N6/c4-2(5)8-1-9-3(6)7/h1H2,(H4,4,5,8)(H4,6,7,9). The lowest BCUT2D eigenvalue weighted by atomic mass is 10.9. The van der Waals surface area contributed by atoms with E-state index in [1.165, 1.54) is 0 Å². The summed E-state index contributed by atoms with van der Waals surface area (Å²) in [7, 11) is 0. The van der Waals surface area contributed by atoms with Crippen LogP contribution in [-0.2, 0) is 0 Å². The Morgan fingerprint density at radius 2 is 1.22 bits per heavy atom. The number of hydrogen-bond donors (Lipinski definition) is 4. The lowest BCUT2D eigenvalue weighted by Gasteiger charge is -1.88. The van der Waals surface area contributed by atoms with Gasteiger partial charge in [0.25, 0.3) is 0 Å². The van der Waals surface area contributed by atoms with Crippen LogP contribution in [-0.4, -0.2) is 18.6 Å².